The average Bonchev–Trinajstić information content (AvgIpc) is 3.44. The summed E-state index contributed by atoms with van der Waals surface area (Å²) in [5.74, 6) is -0.715. The molecule has 2 heterocycles. The molecule has 0 saturated carbocycles. The van der Waals surface area contributed by atoms with Gasteiger partial charge in [-0.15, -0.1) is 0 Å². The van der Waals surface area contributed by atoms with E-state index in [1.807, 2.05) is 18.2 Å². The topological polar surface area (TPSA) is 115 Å². The maximum Gasteiger partial charge on any atom is 0.306 e. The van der Waals surface area contributed by atoms with Crippen LogP contribution in [0.5, 0.6) is 0 Å². The molecule has 2 N–H and O–H groups in total. The monoisotopic (exact) mass is 444 g/mol. The number of furan rings is 1. The van der Waals surface area contributed by atoms with Crippen LogP contribution in [0.3, 0.4) is 0 Å². The van der Waals surface area contributed by atoms with E-state index in [0.717, 1.165) is 5.56 Å². The van der Waals surface area contributed by atoms with Gasteiger partial charge in [-0.1, -0.05) is 29.8 Å². The highest BCUT2D eigenvalue weighted by molar-refractivity contribution is 6.31. The third-order valence-electron chi connectivity index (χ3n) is 4.21. The molecule has 162 valence electrons. The van der Waals surface area contributed by atoms with E-state index in [0.29, 0.717) is 23.8 Å². The minimum Gasteiger partial charge on any atom is -0.459 e. The molecule has 2 amide bonds. The van der Waals surface area contributed by atoms with Gasteiger partial charge in [-0.3, -0.25) is 14.4 Å². The molecule has 2 aromatic heterocycles. The molecule has 0 unspecified atom stereocenters. The zero-order valence-electron chi connectivity index (χ0n) is 16.5. The van der Waals surface area contributed by atoms with Crippen LogP contribution < -0.4 is 10.6 Å². The van der Waals surface area contributed by atoms with Crippen LogP contribution in [0.1, 0.15) is 29.0 Å². The molecular weight excluding hydrogens is 424 g/mol. The summed E-state index contributed by atoms with van der Waals surface area (Å²) in [7, 11) is 0. The Morgan fingerprint density at radius 2 is 1.97 bits per heavy atom. The number of esters is 1. The number of rotatable bonds is 10. The maximum absolute atomic E-state index is 12.1. The molecule has 0 spiro atoms. The lowest BCUT2D eigenvalue weighted by atomic mass is 10.2. The standard InChI is InChI=1S/C21H21ClN4O5/c22-16-6-2-1-5-15(16)13-26-18(9-11-24-26)25-19(27)14-31-20(28)8-3-10-23-21(29)17-7-4-12-30-17/h1-2,4-7,9,11-12H,3,8,10,13-14H2,(H,23,29)(H,25,27). The van der Waals surface area contributed by atoms with Gasteiger partial charge in [0.15, 0.2) is 12.4 Å². The lowest BCUT2D eigenvalue weighted by Crippen LogP contribution is -2.25. The van der Waals surface area contributed by atoms with Gasteiger partial charge < -0.3 is 19.8 Å². The van der Waals surface area contributed by atoms with Gasteiger partial charge in [0.1, 0.15) is 5.82 Å². The number of carbonyl (C=O) groups excluding carboxylic acids is 3. The zero-order chi connectivity index (χ0) is 22.1. The second kappa shape index (κ2) is 11.0. The molecule has 0 saturated heterocycles. The molecule has 0 atom stereocenters. The third-order valence-corrected chi connectivity index (χ3v) is 4.58. The van der Waals surface area contributed by atoms with Crippen LogP contribution in [-0.4, -0.2) is 40.7 Å². The summed E-state index contributed by atoms with van der Waals surface area (Å²) < 4.78 is 11.5. The molecule has 10 heteroatoms. The molecule has 3 aromatic rings. The fourth-order valence-corrected chi connectivity index (χ4v) is 2.87. The first-order chi connectivity index (χ1) is 15.0. The van der Waals surface area contributed by atoms with Crippen molar-refractivity contribution in [3.8, 4) is 0 Å². The van der Waals surface area contributed by atoms with Gasteiger partial charge in [0.2, 0.25) is 0 Å². The van der Waals surface area contributed by atoms with Gasteiger partial charge in [0.25, 0.3) is 11.8 Å². The number of anilines is 1. The highest BCUT2D eigenvalue weighted by atomic mass is 35.5. The SMILES string of the molecule is O=C(COC(=O)CCCNC(=O)c1ccco1)Nc1ccnn1Cc1ccccc1Cl. The number of amides is 2. The van der Waals surface area contributed by atoms with Crippen molar-refractivity contribution in [2.75, 3.05) is 18.5 Å². The number of nitrogens with one attached hydrogen (secondary N) is 2. The lowest BCUT2D eigenvalue weighted by Gasteiger charge is -2.10. The highest BCUT2D eigenvalue weighted by Gasteiger charge is 2.12. The number of halogens is 1. The number of benzene rings is 1. The van der Waals surface area contributed by atoms with E-state index in [1.54, 1.807) is 35.1 Å². The Morgan fingerprint density at radius 3 is 2.74 bits per heavy atom. The van der Waals surface area contributed by atoms with E-state index in [1.165, 1.54) is 6.26 Å². The van der Waals surface area contributed by atoms with Crippen LogP contribution in [-0.2, 0) is 20.9 Å². The van der Waals surface area contributed by atoms with Crippen LogP contribution in [0.4, 0.5) is 5.82 Å². The molecule has 0 bridgehead atoms. The number of carbonyl (C=O) groups is 3. The fraction of sp³-hybridized carbons (Fsp3) is 0.238. The van der Waals surface area contributed by atoms with Crippen molar-refractivity contribution < 1.29 is 23.5 Å². The van der Waals surface area contributed by atoms with E-state index < -0.39 is 18.5 Å². The number of aromatic nitrogens is 2. The maximum atomic E-state index is 12.1. The summed E-state index contributed by atoms with van der Waals surface area (Å²) in [6.07, 6.45) is 3.39. The van der Waals surface area contributed by atoms with Crippen LogP contribution in [0.25, 0.3) is 0 Å². The molecule has 3 rings (SSSR count). The highest BCUT2D eigenvalue weighted by Crippen LogP contribution is 2.18. The van der Waals surface area contributed by atoms with Crippen molar-refractivity contribution in [2.45, 2.75) is 19.4 Å². The van der Waals surface area contributed by atoms with Crippen molar-refractivity contribution in [3.63, 3.8) is 0 Å². The van der Waals surface area contributed by atoms with Crippen molar-refractivity contribution in [1.29, 1.82) is 0 Å². The predicted molar refractivity (Wildman–Crippen MR) is 113 cm³/mol. The average molecular weight is 445 g/mol. The Hall–Kier alpha value is -3.59. The van der Waals surface area contributed by atoms with Crippen LogP contribution in [0.2, 0.25) is 5.02 Å². The van der Waals surface area contributed by atoms with Crippen molar-refractivity contribution >= 4 is 35.2 Å². The summed E-state index contributed by atoms with van der Waals surface area (Å²) >= 11 is 6.17. The molecule has 0 aliphatic rings. The number of hydrogen-bond acceptors (Lipinski definition) is 6. The molecule has 1 aromatic carbocycles. The van der Waals surface area contributed by atoms with E-state index >= 15 is 0 Å². The largest absolute Gasteiger partial charge is 0.459 e. The van der Waals surface area contributed by atoms with E-state index in [4.69, 9.17) is 20.8 Å². The fourth-order valence-electron chi connectivity index (χ4n) is 2.68. The quantitative estimate of drug-likeness (QED) is 0.367. The summed E-state index contributed by atoms with van der Waals surface area (Å²) in [5, 5.41) is 10.1. The Kier molecular flexibility index (Phi) is 7.83. The Morgan fingerprint density at radius 1 is 1.13 bits per heavy atom. The summed E-state index contributed by atoms with van der Waals surface area (Å²) in [4.78, 5) is 35.6. The summed E-state index contributed by atoms with van der Waals surface area (Å²) in [6, 6.07) is 12.1. The Balaban J connectivity index is 1.36. The minimum absolute atomic E-state index is 0.0656. The van der Waals surface area contributed by atoms with Gasteiger partial charge in [0, 0.05) is 24.1 Å². The summed E-state index contributed by atoms with van der Waals surface area (Å²) in [6.45, 7) is 0.239. The first-order valence-corrected chi connectivity index (χ1v) is 9.93. The van der Waals surface area contributed by atoms with E-state index in [2.05, 4.69) is 15.7 Å². The van der Waals surface area contributed by atoms with Crippen molar-refractivity contribution in [2.24, 2.45) is 0 Å². The molecule has 31 heavy (non-hydrogen) atoms. The van der Waals surface area contributed by atoms with Crippen molar-refractivity contribution in [1.82, 2.24) is 15.1 Å². The second-order valence-electron chi connectivity index (χ2n) is 6.51. The molecule has 0 radical (unpaired) electrons. The lowest BCUT2D eigenvalue weighted by molar-refractivity contribution is -0.147. The number of nitrogens with zero attached hydrogens (tertiary/aromatic N) is 2. The molecule has 0 aliphatic heterocycles. The van der Waals surface area contributed by atoms with Gasteiger partial charge in [-0.2, -0.15) is 5.10 Å². The second-order valence-corrected chi connectivity index (χ2v) is 6.92. The molecule has 9 nitrogen and oxygen atoms in total. The van der Waals surface area contributed by atoms with Gasteiger partial charge >= 0.3 is 5.97 Å². The number of hydrogen-bond donors (Lipinski definition) is 2. The number of ether oxygens (including phenoxy) is 1. The van der Waals surface area contributed by atoms with Gasteiger partial charge in [-0.25, -0.2) is 4.68 Å². The normalized spacial score (nSPS) is 10.5. The molecular formula is C21H21ClN4O5. The van der Waals surface area contributed by atoms with Crippen LogP contribution in [0.15, 0.2) is 59.3 Å². The molecule has 0 aliphatic carbocycles. The first-order valence-electron chi connectivity index (χ1n) is 9.55. The Labute approximate surface area is 183 Å². The third kappa shape index (κ3) is 6.71. The van der Waals surface area contributed by atoms with Crippen molar-refractivity contribution in [3.05, 3.63) is 71.3 Å². The van der Waals surface area contributed by atoms with Crippen LogP contribution >= 0.6 is 11.6 Å². The van der Waals surface area contributed by atoms with Gasteiger partial charge in [-0.05, 0) is 30.2 Å². The zero-order valence-corrected chi connectivity index (χ0v) is 17.3. The van der Waals surface area contributed by atoms with Gasteiger partial charge in [0.05, 0.1) is 19.0 Å². The first kappa shape index (κ1) is 22.1. The Bertz CT molecular complexity index is 1030. The molecule has 0 fully saturated rings. The summed E-state index contributed by atoms with van der Waals surface area (Å²) in [5.41, 5.74) is 0.855. The van der Waals surface area contributed by atoms with Crippen LogP contribution in [0, 0.1) is 0 Å². The predicted octanol–water partition coefficient (Wildman–Crippen LogP) is 2.87. The van der Waals surface area contributed by atoms with E-state index in [9.17, 15) is 14.4 Å². The minimum atomic E-state index is -0.535. The van der Waals surface area contributed by atoms with E-state index in [-0.39, 0.29) is 24.6 Å². The smallest absolute Gasteiger partial charge is 0.306 e.